The smallest absolute Gasteiger partial charge is 0.188 e. The van der Waals surface area contributed by atoms with Gasteiger partial charge in [-0.25, -0.2) is 4.99 Å². The fraction of sp³-hybridized carbons (Fsp3) is 0.240. The number of methoxy groups -OCH3 is 2. The second-order valence-electron chi connectivity index (χ2n) is 6.99. The Balaban J connectivity index is 1.42. The predicted octanol–water partition coefficient (Wildman–Crippen LogP) is 3.93. The Labute approximate surface area is 183 Å². The van der Waals surface area contributed by atoms with Gasteiger partial charge in [0.1, 0.15) is 12.4 Å². The summed E-state index contributed by atoms with van der Waals surface area (Å²) in [6.07, 6.45) is 0.839. The van der Waals surface area contributed by atoms with Crippen molar-refractivity contribution in [3.63, 3.8) is 0 Å². The molecule has 0 aliphatic heterocycles. The molecule has 3 aromatic carbocycles. The van der Waals surface area contributed by atoms with Crippen LogP contribution >= 0.6 is 0 Å². The minimum absolute atomic E-state index is 0.414. The molecule has 31 heavy (non-hydrogen) atoms. The largest absolute Gasteiger partial charge is 0.493 e. The van der Waals surface area contributed by atoms with Crippen LogP contribution in [0.15, 0.2) is 77.8 Å². The third kappa shape index (κ3) is 6.96. The Morgan fingerprint density at radius 2 is 1.55 bits per heavy atom. The molecule has 0 saturated carbocycles. The minimum atomic E-state index is 0.414. The second kappa shape index (κ2) is 11.5. The van der Waals surface area contributed by atoms with Crippen molar-refractivity contribution in [2.24, 2.45) is 10.7 Å². The van der Waals surface area contributed by atoms with Crippen molar-refractivity contribution < 1.29 is 14.2 Å². The van der Waals surface area contributed by atoms with Crippen LogP contribution < -0.4 is 25.3 Å². The lowest BCUT2D eigenvalue weighted by Crippen LogP contribution is -2.33. The number of hydrogen-bond donors (Lipinski definition) is 2. The van der Waals surface area contributed by atoms with Gasteiger partial charge in [-0.15, -0.1) is 0 Å². The monoisotopic (exact) mass is 419 g/mol. The van der Waals surface area contributed by atoms with E-state index < -0.39 is 0 Å². The molecule has 0 amide bonds. The quantitative estimate of drug-likeness (QED) is 0.385. The van der Waals surface area contributed by atoms with E-state index in [0.717, 1.165) is 23.3 Å². The highest BCUT2D eigenvalue weighted by Gasteiger charge is 2.04. The van der Waals surface area contributed by atoms with Crippen molar-refractivity contribution in [1.82, 2.24) is 5.32 Å². The molecule has 0 aliphatic carbocycles. The predicted molar refractivity (Wildman–Crippen MR) is 124 cm³/mol. The average Bonchev–Trinajstić information content (AvgIpc) is 2.82. The number of aliphatic imine (C=N–C) groups is 1. The van der Waals surface area contributed by atoms with Crippen LogP contribution in [0, 0.1) is 0 Å². The van der Waals surface area contributed by atoms with Gasteiger partial charge in [-0.05, 0) is 47.4 Å². The Hall–Kier alpha value is -3.67. The number of hydrogen-bond acceptors (Lipinski definition) is 4. The van der Waals surface area contributed by atoms with E-state index in [4.69, 9.17) is 19.9 Å². The highest BCUT2D eigenvalue weighted by Crippen LogP contribution is 2.27. The molecule has 0 aromatic heterocycles. The number of rotatable bonds is 10. The van der Waals surface area contributed by atoms with Crippen LogP contribution in [0.2, 0.25) is 0 Å². The Bertz CT molecular complexity index is 973. The first-order valence-electron chi connectivity index (χ1n) is 10.2. The van der Waals surface area contributed by atoms with Crippen molar-refractivity contribution in [1.29, 1.82) is 0 Å². The van der Waals surface area contributed by atoms with Crippen molar-refractivity contribution in [3.8, 4) is 17.2 Å². The van der Waals surface area contributed by atoms with Gasteiger partial charge in [0, 0.05) is 6.54 Å². The number of nitrogens with zero attached hydrogens (tertiary/aromatic N) is 1. The zero-order valence-electron chi connectivity index (χ0n) is 18.0. The van der Waals surface area contributed by atoms with Gasteiger partial charge in [0.25, 0.3) is 0 Å². The third-order valence-corrected chi connectivity index (χ3v) is 4.77. The number of benzene rings is 3. The van der Waals surface area contributed by atoms with Crippen LogP contribution in [-0.2, 0) is 19.6 Å². The maximum Gasteiger partial charge on any atom is 0.188 e. The Morgan fingerprint density at radius 1 is 0.839 bits per heavy atom. The van der Waals surface area contributed by atoms with Gasteiger partial charge in [0.05, 0.1) is 20.8 Å². The molecule has 0 atom stereocenters. The maximum atomic E-state index is 5.99. The van der Waals surface area contributed by atoms with Gasteiger partial charge in [0.15, 0.2) is 17.5 Å². The summed E-state index contributed by atoms with van der Waals surface area (Å²) < 4.78 is 16.4. The van der Waals surface area contributed by atoms with Crippen LogP contribution in [0.1, 0.15) is 16.7 Å². The highest BCUT2D eigenvalue weighted by molar-refractivity contribution is 5.77. The summed E-state index contributed by atoms with van der Waals surface area (Å²) in [5, 5.41) is 3.15. The lowest BCUT2D eigenvalue weighted by Gasteiger charge is -2.10. The Kier molecular flexibility index (Phi) is 8.17. The van der Waals surface area contributed by atoms with E-state index in [9.17, 15) is 0 Å². The standard InChI is InChI=1S/C25H29N3O3/c1-29-23-13-10-21(16-24(23)30-2)17-28-25(26)27-15-14-19-8-11-22(12-9-19)31-18-20-6-4-3-5-7-20/h3-13,16H,14-15,17-18H2,1-2H3,(H3,26,27,28). The summed E-state index contributed by atoms with van der Waals surface area (Å²) in [6, 6.07) is 24.0. The third-order valence-electron chi connectivity index (χ3n) is 4.77. The summed E-state index contributed by atoms with van der Waals surface area (Å²) in [6.45, 7) is 1.73. The maximum absolute atomic E-state index is 5.99. The summed E-state index contributed by atoms with van der Waals surface area (Å²) in [7, 11) is 3.23. The summed E-state index contributed by atoms with van der Waals surface area (Å²) >= 11 is 0. The first kappa shape index (κ1) is 22.0. The number of ether oxygens (including phenoxy) is 3. The molecular formula is C25H29N3O3. The topological polar surface area (TPSA) is 78.1 Å². The summed E-state index contributed by atoms with van der Waals surface area (Å²) in [4.78, 5) is 4.39. The van der Waals surface area contributed by atoms with Crippen molar-refractivity contribution >= 4 is 5.96 Å². The van der Waals surface area contributed by atoms with Crippen LogP contribution in [0.3, 0.4) is 0 Å². The van der Waals surface area contributed by atoms with Crippen molar-refractivity contribution in [2.75, 3.05) is 20.8 Å². The van der Waals surface area contributed by atoms with Crippen molar-refractivity contribution in [3.05, 3.63) is 89.5 Å². The molecule has 0 spiro atoms. The highest BCUT2D eigenvalue weighted by atomic mass is 16.5. The van der Waals surface area contributed by atoms with E-state index in [1.807, 2.05) is 48.5 Å². The van der Waals surface area contributed by atoms with Gasteiger partial charge >= 0.3 is 0 Å². The first-order valence-corrected chi connectivity index (χ1v) is 10.2. The van der Waals surface area contributed by atoms with Crippen LogP contribution in [0.25, 0.3) is 0 Å². The van der Waals surface area contributed by atoms with Gasteiger partial charge in [0.2, 0.25) is 0 Å². The fourth-order valence-electron chi connectivity index (χ4n) is 3.04. The average molecular weight is 420 g/mol. The number of nitrogens with one attached hydrogen (secondary N) is 1. The van der Waals surface area contributed by atoms with Gasteiger partial charge < -0.3 is 25.3 Å². The lowest BCUT2D eigenvalue weighted by atomic mass is 10.1. The normalized spacial score (nSPS) is 11.1. The molecule has 3 aromatic rings. The molecule has 0 fully saturated rings. The molecule has 0 aliphatic rings. The van der Waals surface area contributed by atoms with Gasteiger partial charge in [-0.1, -0.05) is 48.5 Å². The molecular weight excluding hydrogens is 390 g/mol. The first-order chi connectivity index (χ1) is 15.2. The van der Waals surface area contributed by atoms with Crippen LogP contribution in [-0.4, -0.2) is 26.7 Å². The van der Waals surface area contributed by atoms with E-state index in [2.05, 4.69) is 34.6 Å². The molecule has 3 N–H and O–H groups in total. The van der Waals surface area contributed by atoms with E-state index in [-0.39, 0.29) is 0 Å². The molecule has 0 saturated heterocycles. The molecule has 0 heterocycles. The van der Waals surface area contributed by atoms with Crippen LogP contribution in [0.4, 0.5) is 0 Å². The molecule has 6 heteroatoms. The van der Waals surface area contributed by atoms with Crippen molar-refractivity contribution in [2.45, 2.75) is 19.6 Å². The Morgan fingerprint density at radius 3 is 2.26 bits per heavy atom. The lowest BCUT2D eigenvalue weighted by molar-refractivity contribution is 0.306. The molecule has 6 nitrogen and oxygen atoms in total. The van der Waals surface area contributed by atoms with Gasteiger partial charge in [-0.2, -0.15) is 0 Å². The molecule has 0 radical (unpaired) electrons. The fourth-order valence-corrected chi connectivity index (χ4v) is 3.04. The number of guanidine groups is 1. The zero-order valence-corrected chi connectivity index (χ0v) is 18.0. The van der Waals surface area contributed by atoms with Gasteiger partial charge in [-0.3, -0.25) is 0 Å². The summed E-state index contributed by atoms with van der Waals surface area (Å²) in [5.74, 6) is 2.64. The zero-order chi connectivity index (χ0) is 21.9. The SMILES string of the molecule is COc1ccc(CN=C(N)NCCc2ccc(OCc3ccccc3)cc2)cc1OC. The summed E-state index contributed by atoms with van der Waals surface area (Å²) in [5.41, 5.74) is 9.34. The van der Waals surface area contributed by atoms with E-state index in [1.54, 1.807) is 14.2 Å². The minimum Gasteiger partial charge on any atom is -0.493 e. The molecule has 0 bridgehead atoms. The van der Waals surface area contributed by atoms with Crippen LogP contribution in [0.5, 0.6) is 17.2 Å². The molecule has 0 unspecified atom stereocenters. The second-order valence-corrected chi connectivity index (χ2v) is 6.99. The van der Waals surface area contributed by atoms with E-state index in [1.165, 1.54) is 5.56 Å². The van der Waals surface area contributed by atoms with E-state index >= 15 is 0 Å². The molecule has 162 valence electrons. The van der Waals surface area contributed by atoms with E-state index in [0.29, 0.717) is 37.2 Å². The molecule has 3 rings (SSSR count). The number of nitrogens with two attached hydrogens (primary N) is 1.